The fourth-order valence-corrected chi connectivity index (χ4v) is 4.48. The highest BCUT2D eigenvalue weighted by Gasteiger charge is 2.38. The summed E-state index contributed by atoms with van der Waals surface area (Å²) in [4.78, 5) is 31.2. The van der Waals surface area contributed by atoms with E-state index in [0.717, 1.165) is 30.8 Å². The molecule has 0 unspecified atom stereocenters. The molecule has 0 bridgehead atoms. The summed E-state index contributed by atoms with van der Waals surface area (Å²) in [5.74, 6) is 0.690. The van der Waals surface area contributed by atoms with Crippen molar-refractivity contribution in [3.05, 3.63) is 22.7 Å². The molecule has 3 rings (SSSR count). The number of hydrogen-bond donors (Lipinski definition) is 1. The number of rotatable bonds is 6. The number of hydrogen-bond acceptors (Lipinski definition) is 6. The lowest BCUT2D eigenvalue weighted by Gasteiger charge is -2.48. The molecule has 0 saturated carbocycles. The lowest BCUT2D eigenvalue weighted by atomic mass is 10.1. The predicted molar refractivity (Wildman–Crippen MR) is 130 cm³/mol. The number of nitrogens with zero attached hydrogens (tertiary/aromatic N) is 3. The fraction of sp³-hybridized carbons (Fsp3) is 0.667. The number of carbonyl (C=O) groups is 2. The smallest absolute Gasteiger partial charge is 0.410 e. The molecule has 0 aliphatic carbocycles. The fourth-order valence-electron chi connectivity index (χ4n) is 4.19. The molecule has 0 spiro atoms. The Morgan fingerprint density at radius 2 is 1.79 bits per heavy atom. The van der Waals surface area contributed by atoms with Crippen LogP contribution < -0.4 is 10.1 Å². The molecule has 2 saturated heterocycles. The van der Waals surface area contributed by atoms with Crippen LogP contribution in [0.4, 0.5) is 10.5 Å². The van der Waals surface area contributed by atoms with E-state index in [1.165, 1.54) is 0 Å². The first-order valence-corrected chi connectivity index (χ1v) is 12.0. The number of aryl methyl sites for hydroxylation is 1. The average molecular weight is 481 g/mol. The van der Waals surface area contributed by atoms with Gasteiger partial charge in [-0.2, -0.15) is 0 Å². The number of amides is 2. The van der Waals surface area contributed by atoms with Crippen molar-refractivity contribution >= 4 is 29.3 Å². The van der Waals surface area contributed by atoms with Gasteiger partial charge in [0, 0.05) is 56.4 Å². The third-order valence-electron chi connectivity index (χ3n) is 6.15. The molecule has 1 N–H and O–H groups in total. The minimum absolute atomic E-state index is 0.0636. The number of anilines is 1. The molecule has 8 nitrogen and oxygen atoms in total. The van der Waals surface area contributed by atoms with Crippen LogP contribution in [0.3, 0.4) is 0 Å². The first-order valence-electron chi connectivity index (χ1n) is 11.7. The Labute approximate surface area is 202 Å². The van der Waals surface area contributed by atoms with Crippen molar-refractivity contribution in [2.45, 2.75) is 58.7 Å². The minimum Gasteiger partial charge on any atom is -0.495 e. The summed E-state index contributed by atoms with van der Waals surface area (Å²) in [6, 6.07) is 3.69. The zero-order valence-electron chi connectivity index (χ0n) is 20.6. The normalized spacial score (nSPS) is 18.5. The highest BCUT2D eigenvalue weighted by Crippen LogP contribution is 2.32. The maximum Gasteiger partial charge on any atom is 0.410 e. The summed E-state index contributed by atoms with van der Waals surface area (Å²) in [7, 11) is 1.60. The molecule has 2 aliphatic rings. The summed E-state index contributed by atoms with van der Waals surface area (Å²) >= 11 is 6.30. The van der Waals surface area contributed by atoms with Gasteiger partial charge in [0.1, 0.15) is 17.4 Å². The van der Waals surface area contributed by atoms with E-state index in [1.807, 2.05) is 45.6 Å². The molecule has 2 fully saturated rings. The minimum atomic E-state index is -0.479. The van der Waals surface area contributed by atoms with Crippen LogP contribution in [0.1, 0.15) is 40.2 Å². The van der Waals surface area contributed by atoms with E-state index in [4.69, 9.17) is 21.1 Å². The van der Waals surface area contributed by atoms with Crippen LogP contribution in [0.25, 0.3) is 0 Å². The lowest BCUT2D eigenvalue weighted by Crippen LogP contribution is -2.65. The van der Waals surface area contributed by atoms with Gasteiger partial charge in [-0.05, 0) is 45.7 Å². The van der Waals surface area contributed by atoms with E-state index in [9.17, 15) is 9.59 Å². The molecule has 2 amide bonds. The van der Waals surface area contributed by atoms with Crippen molar-refractivity contribution in [1.82, 2.24) is 14.7 Å². The molecule has 0 radical (unpaired) electrons. The second kappa shape index (κ2) is 10.4. The van der Waals surface area contributed by atoms with Crippen molar-refractivity contribution in [1.29, 1.82) is 0 Å². The quantitative estimate of drug-likeness (QED) is 0.672. The number of likely N-dealkylation sites (tertiary alicyclic amines) is 1. The first-order chi connectivity index (χ1) is 15.5. The summed E-state index contributed by atoms with van der Waals surface area (Å²) in [5.41, 5.74) is 1.30. The number of benzene rings is 1. The van der Waals surface area contributed by atoms with Crippen LogP contribution in [0.15, 0.2) is 12.1 Å². The van der Waals surface area contributed by atoms with Gasteiger partial charge in [-0.3, -0.25) is 9.69 Å². The van der Waals surface area contributed by atoms with Crippen molar-refractivity contribution in [3.8, 4) is 5.75 Å². The van der Waals surface area contributed by atoms with E-state index >= 15 is 0 Å². The maximum absolute atomic E-state index is 13.1. The number of halogens is 1. The summed E-state index contributed by atoms with van der Waals surface area (Å²) in [6.45, 7) is 13.8. The van der Waals surface area contributed by atoms with Crippen LogP contribution in [0.2, 0.25) is 5.02 Å². The SMILES string of the molecule is CCc1cc(N[C@@H](C)C(=O)N2CCN(C3CN(C(=O)OC(C)(C)C)C3)CC2)c(OC)cc1Cl. The van der Waals surface area contributed by atoms with Gasteiger partial charge in [-0.15, -0.1) is 0 Å². The number of ether oxygens (including phenoxy) is 2. The van der Waals surface area contributed by atoms with Gasteiger partial charge in [0.25, 0.3) is 0 Å². The predicted octanol–water partition coefficient (Wildman–Crippen LogP) is 3.47. The Morgan fingerprint density at radius 1 is 1.15 bits per heavy atom. The Kier molecular flexibility index (Phi) is 8.00. The standard InChI is InChI=1S/C24H37ClN4O4/c1-7-17-12-20(21(32-6)13-19(17)25)26-16(2)22(30)28-10-8-27(9-11-28)18-14-29(15-18)23(31)33-24(3,4)5/h12-13,16,18,26H,7-11,14-15H2,1-6H3/t16-/m0/s1. The van der Waals surface area contributed by atoms with E-state index in [-0.39, 0.29) is 18.0 Å². The number of piperazine rings is 1. The molecule has 1 aromatic rings. The third kappa shape index (κ3) is 6.23. The van der Waals surface area contributed by atoms with Crippen molar-refractivity contribution in [3.63, 3.8) is 0 Å². The lowest BCUT2D eigenvalue weighted by molar-refractivity contribution is -0.134. The molecule has 1 aromatic carbocycles. The van der Waals surface area contributed by atoms with E-state index < -0.39 is 5.60 Å². The molecule has 1 atom stereocenters. The number of methoxy groups -OCH3 is 1. The zero-order valence-corrected chi connectivity index (χ0v) is 21.4. The molecular formula is C24H37ClN4O4. The van der Waals surface area contributed by atoms with Gasteiger partial charge in [0.05, 0.1) is 12.8 Å². The molecule has 2 aliphatic heterocycles. The molecule has 33 heavy (non-hydrogen) atoms. The topological polar surface area (TPSA) is 74.4 Å². The monoisotopic (exact) mass is 480 g/mol. The molecular weight excluding hydrogens is 444 g/mol. The number of nitrogens with one attached hydrogen (secondary N) is 1. The van der Waals surface area contributed by atoms with Crippen molar-refractivity contribution < 1.29 is 19.1 Å². The van der Waals surface area contributed by atoms with Crippen molar-refractivity contribution in [2.75, 3.05) is 51.7 Å². The van der Waals surface area contributed by atoms with Crippen LogP contribution in [-0.2, 0) is 16.0 Å². The van der Waals surface area contributed by atoms with E-state index in [0.29, 0.717) is 43.0 Å². The van der Waals surface area contributed by atoms with Gasteiger partial charge >= 0.3 is 6.09 Å². The first kappa shape index (κ1) is 25.4. The maximum atomic E-state index is 13.1. The molecule has 2 heterocycles. The van der Waals surface area contributed by atoms with Gasteiger partial charge in [0.15, 0.2) is 0 Å². The second-order valence-corrected chi connectivity index (χ2v) is 10.2. The van der Waals surface area contributed by atoms with Crippen LogP contribution in [-0.4, -0.2) is 90.8 Å². The summed E-state index contributed by atoms with van der Waals surface area (Å²) in [6.07, 6.45) is 0.547. The van der Waals surface area contributed by atoms with Gasteiger partial charge in [-0.1, -0.05) is 18.5 Å². The Bertz CT molecular complexity index is 859. The van der Waals surface area contributed by atoms with Crippen molar-refractivity contribution in [2.24, 2.45) is 0 Å². The largest absolute Gasteiger partial charge is 0.495 e. The molecule has 0 aromatic heterocycles. The second-order valence-electron chi connectivity index (χ2n) is 9.76. The Morgan fingerprint density at radius 3 is 2.33 bits per heavy atom. The van der Waals surface area contributed by atoms with Gasteiger partial charge in [-0.25, -0.2) is 4.79 Å². The summed E-state index contributed by atoms with van der Waals surface area (Å²) in [5, 5.41) is 3.97. The van der Waals surface area contributed by atoms with Crippen LogP contribution >= 0.6 is 11.6 Å². The number of carbonyl (C=O) groups excluding carboxylic acids is 2. The average Bonchev–Trinajstić information content (AvgIpc) is 2.72. The van der Waals surface area contributed by atoms with Crippen LogP contribution in [0.5, 0.6) is 5.75 Å². The van der Waals surface area contributed by atoms with E-state index in [1.54, 1.807) is 18.1 Å². The van der Waals surface area contributed by atoms with Gasteiger partial charge in [0.2, 0.25) is 5.91 Å². The highest BCUT2D eigenvalue weighted by atomic mass is 35.5. The Hall–Kier alpha value is -2.19. The molecule has 9 heteroatoms. The third-order valence-corrected chi connectivity index (χ3v) is 6.50. The van der Waals surface area contributed by atoms with Crippen LogP contribution in [0, 0.1) is 0 Å². The highest BCUT2D eigenvalue weighted by molar-refractivity contribution is 6.31. The zero-order chi connectivity index (χ0) is 24.3. The molecule has 184 valence electrons. The Balaban J connectivity index is 1.48. The van der Waals surface area contributed by atoms with E-state index in [2.05, 4.69) is 10.2 Å². The van der Waals surface area contributed by atoms with Gasteiger partial charge < -0.3 is 24.6 Å². The summed E-state index contributed by atoms with van der Waals surface area (Å²) < 4.78 is 10.9.